The minimum atomic E-state index is 0.333. The lowest BCUT2D eigenvalue weighted by atomic mass is 9.84. The molecule has 1 unspecified atom stereocenters. The Morgan fingerprint density at radius 3 is 2.69 bits per heavy atom. The molecule has 0 amide bonds. The summed E-state index contributed by atoms with van der Waals surface area (Å²) in [5.41, 5.74) is 2.97. The van der Waals surface area contributed by atoms with Crippen molar-refractivity contribution in [2.75, 3.05) is 0 Å². The molecule has 3 N–H and O–H groups in total. The van der Waals surface area contributed by atoms with Crippen LogP contribution in [0.15, 0.2) is 15.9 Å². The average Bonchev–Trinajstić information content (AvgIpc) is 2.74. The molecule has 0 bridgehead atoms. The summed E-state index contributed by atoms with van der Waals surface area (Å²) >= 11 is 5.29. The molecule has 0 aliphatic heterocycles. The molecule has 1 fully saturated rings. The monoisotopic (exact) mass is 302 g/mol. The summed E-state index contributed by atoms with van der Waals surface area (Å²) in [5.74, 6) is 6.53. The third kappa shape index (κ3) is 3.29. The number of hydrogen-bond donors (Lipinski definition) is 2. The van der Waals surface area contributed by atoms with Crippen LogP contribution < -0.4 is 11.3 Å². The number of halogens is 1. The topological polar surface area (TPSA) is 38.0 Å². The second kappa shape index (κ2) is 6.15. The lowest BCUT2D eigenvalue weighted by Crippen LogP contribution is -2.29. The highest BCUT2D eigenvalue weighted by molar-refractivity contribution is 9.11. The molecule has 0 radical (unpaired) electrons. The van der Waals surface area contributed by atoms with Crippen molar-refractivity contribution in [1.82, 2.24) is 5.43 Å². The Kier molecular flexibility index (Phi) is 4.82. The van der Waals surface area contributed by atoms with Gasteiger partial charge in [-0.05, 0) is 40.4 Å². The Bertz CT molecular complexity index is 321. The molecule has 16 heavy (non-hydrogen) atoms. The van der Waals surface area contributed by atoms with Crippen molar-refractivity contribution in [2.24, 2.45) is 11.8 Å². The van der Waals surface area contributed by atoms with Gasteiger partial charge in [0.25, 0.3) is 0 Å². The number of hydrogen-bond acceptors (Lipinski definition) is 3. The largest absolute Gasteiger partial charge is 0.271 e. The van der Waals surface area contributed by atoms with Gasteiger partial charge >= 0.3 is 0 Å². The Labute approximate surface area is 110 Å². The first-order valence-corrected chi connectivity index (χ1v) is 7.62. The minimum absolute atomic E-state index is 0.333. The molecule has 0 spiro atoms. The number of nitrogens with two attached hydrogens (primary N) is 1. The molecule has 1 aliphatic carbocycles. The highest BCUT2D eigenvalue weighted by atomic mass is 79.9. The number of thiophene rings is 1. The van der Waals surface area contributed by atoms with Crippen LogP contribution in [0, 0.1) is 5.92 Å². The quantitative estimate of drug-likeness (QED) is 0.652. The predicted molar refractivity (Wildman–Crippen MR) is 73.3 cm³/mol. The fourth-order valence-corrected chi connectivity index (χ4v) is 4.03. The molecular formula is C12H19BrN2S. The molecule has 0 saturated heterocycles. The van der Waals surface area contributed by atoms with E-state index in [0.717, 1.165) is 5.92 Å². The Hall–Kier alpha value is 0.1000. The molecule has 2 nitrogen and oxygen atoms in total. The molecule has 1 atom stereocenters. The van der Waals surface area contributed by atoms with Crippen molar-refractivity contribution < 1.29 is 0 Å². The summed E-state index contributed by atoms with van der Waals surface area (Å²) in [5, 5.41) is 0. The van der Waals surface area contributed by atoms with Gasteiger partial charge in [0.1, 0.15) is 0 Å². The zero-order valence-electron chi connectivity index (χ0n) is 9.42. The molecule has 90 valence electrons. The van der Waals surface area contributed by atoms with Crippen molar-refractivity contribution in [3.63, 3.8) is 0 Å². The van der Waals surface area contributed by atoms with Crippen molar-refractivity contribution in [1.29, 1.82) is 0 Å². The highest BCUT2D eigenvalue weighted by Crippen LogP contribution is 2.34. The zero-order chi connectivity index (χ0) is 11.4. The number of rotatable bonds is 4. The molecule has 1 aromatic rings. The molecule has 1 heterocycles. The van der Waals surface area contributed by atoms with Crippen LogP contribution >= 0.6 is 27.3 Å². The first kappa shape index (κ1) is 12.6. The van der Waals surface area contributed by atoms with Gasteiger partial charge in [-0.3, -0.25) is 11.3 Å². The number of hydrazine groups is 1. The third-order valence-corrected chi connectivity index (χ3v) is 5.17. The highest BCUT2D eigenvalue weighted by Gasteiger charge is 2.20. The van der Waals surface area contributed by atoms with Crippen LogP contribution in [0.4, 0.5) is 0 Å². The van der Waals surface area contributed by atoms with E-state index in [1.165, 1.54) is 47.2 Å². The van der Waals surface area contributed by atoms with Gasteiger partial charge in [0.05, 0.1) is 9.83 Å². The van der Waals surface area contributed by atoms with Gasteiger partial charge < -0.3 is 0 Å². The van der Waals surface area contributed by atoms with Gasteiger partial charge in [-0.1, -0.05) is 32.1 Å². The van der Waals surface area contributed by atoms with E-state index in [2.05, 4.69) is 33.5 Å². The first-order chi connectivity index (χ1) is 7.79. The summed E-state index contributed by atoms with van der Waals surface area (Å²) < 4.78 is 1.19. The summed E-state index contributed by atoms with van der Waals surface area (Å²) in [6, 6.07) is 4.60. The minimum Gasteiger partial charge on any atom is -0.271 e. The van der Waals surface area contributed by atoms with E-state index in [9.17, 15) is 0 Å². The van der Waals surface area contributed by atoms with Crippen LogP contribution in [-0.4, -0.2) is 0 Å². The van der Waals surface area contributed by atoms with Gasteiger partial charge in [-0.2, -0.15) is 0 Å². The van der Waals surface area contributed by atoms with E-state index < -0.39 is 0 Å². The zero-order valence-corrected chi connectivity index (χ0v) is 11.8. The lowest BCUT2D eigenvalue weighted by molar-refractivity contribution is 0.302. The number of nitrogens with one attached hydrogen (secondary N) is 1. The van der Waals surface area contributed by atoms with E-state index in [4.69, 9.17) is 5.84 Å². The average molecular weight is 303 g/mol. The Morgan fingerprint density at radius 2 is 2.12 bits per heavy atom. The smallest absolute Gasteiger partial charge is 0.0702 e. The predicted octanol–water partition coefficient (Wildman–Crippen LogP) is 3.99. The van der Waals surface area contributed by atoms with Crippen LogP contribution in [0.2, 0.25) is 0 Å². The fraction of sp³-hybridized carbons (Fsp3) is 0.667. The molecule has 0 aromatic carbocycles. The molecule has 1 aliphatic rings. The maximum absolute atomic E-state index is 5.67. The molecule has 2 rings (SSSR count). The van der Waals surface area contributed by atoms with Crippen LogP contribution in [0.1, 0.15) is 49.4 Å². The summed E-state index contributed by atoms with van der Waals surface area (Å²) in [6.45, 7) is 0. The first-order valence-electron chi connectivity index (χ1n) is 6.01. The van der Waals surface area contributed by atoms with E-state index in [-0.39, 0.29) is 0 Å². The van der Waals surface area contributed by atoms with Gasteiger partial charge in [-0.15, -0.1) is 11.3 Å². The van der Waals surface area contributed by atoms with Crippen molar-refractivity contribution >= 4 is 27.3 Å². The van der Waals surface area contributed by atoms with Crippen LogP contribution in [0.3, 0.4) is 0 Å². The molecule has 1 saturated carbocycles. The molecule has 4 heteroatoms. The normalized spacial score (nSPS) is 19.9. The fourth-order valence-electron chi connectivity index (χ4n) is 2.54. The second-order valence-electron chi connectivity index (χ2n) is 4.60. The molecular weight excluding hydrogens is 284 g/mol. The van der Waals surface area contributed by atoms with Gasteiger partial charge in [-0.25, -0.2) is 0 Å². The maximum Gasteiger partial charge on any atom is 0.0702 e. The maximum atomic E-state index is 5.67. The van der Waals surface area contributed by atoms with Gasteiger partial charge in [0.2, 0.25) is 0 Å². The van der Waals surface area contributed by atoms with Crippen LogP contribution in [0.25, 0.3) is 0 Å². The van der Waals surface area contributed by atoms with Gasteiger partial charge in [0, 0.05) is 4.88 Å². The Morgan fingerprint density at radius 1 is 1.38 bits per heavy atom. The van der Waals surface area contributed by atoms with E-state index in [0.29, 0.717) is 6.04 Å². The summed E-state index contributed by atoms with van der Waals surface area (Å²) in [6.07, 6.45) is 8.16. The van der Waals surface area contributed by atoms with Crippen LogP contribution in [0.5, 0.6) is 0 Å². The SMILES string of the molecule is NNC(CC1CCCCC1)c1ccc(Br)s1. The van der Waals surface area contributed by atoms with E-state index in [1.807, 2.05) is 0 Å². The third-order valence-electron chi connectivity index (χ3n) is 3.43. The lowest BCUT2D eigenvalue weighted by Gasteiger charge is -2.25. The summed E-state index contributed by atoms with van der Waals surface area (Å²) in [4.78, 5) is 1.35. The Balaban J connectivity index is 1.94. The van der Waals surface area contributed by atoms with E-state index in [1.54, 1.807) is 11.3 Å². The second-order valence-corrected chi connectivity index (χ2v) is 7.10. The van der Waals surface area contributed by atoms with E-state index >= 15 is 0 Å². The van der Waals surface area contributed by atoms with Crippen LogP contribution in [-0.2, 0) is 0 Å². The summed E-state index contributed by atoms with van der Waals surface area (Å²) in [7, 11) is 0. The van der Waals surface area contributed by atoms with Crippen molar-refractivity contribution in [3.05, 3.63) is 20.8 Å². The van der Waals surface area contributed by atoms with Crippen molar-refractivity contribution in [3.8, 4) is 0 Å². The van der Waals surface area contributed by atoms with Crippen molar-refractivity contribution in [2.45, 2.75) is 44.6 Å². The van der Waals surface area contributed by atoms with Gasteiger partial charge in [0.15, 0.2) is 0 Å². The molecule has 1 aromatic heterocycles. The standard InChI is InChI=1S/C12H19BrN2S/c13-12-7-6-11(16-12)10(15-14)8-9-4-2-1-3-5-9/h6-7,9-10,15H,1-5,8,14H2.